The third-order valence-corrected chi connectivity index (χ3v) is 4.13. The average molecular weight is 352 g/mol. The van der Waals surface area contributed by atoms with E-state index in [1.807, 2.05) is 0 Å². The van der Waals surface area contributed by atoms with E-state index in [1.165, 1.54) is 35.4 Å². The van der Waals surface area contributed by atoms with E-state index in [0.717, 1.165) is 12.1 Å². The van der Waals surface area contributed by atoms with Crippen LogP contribution in [0.1, 0.15) is 34.1 Å². The second-order valence-corrected chi connectivity index (χ2v) is 5.86. The number of halogens is 3. The van der Waals surface area contributed by atoms with E-state index < -0.39 is 29.8 Å². The second-order valence-electron chi connectivity index (χ2n) is 5.86. The zero-order valence-corrected chi connectivity index (χ0v) is 12.9. The largest absolute Gasteiger partial charge is 0.505 e. The number of carbonyl (C=O) groups excluding carboxylic acids is 1. The quantitative estimate of drug-likeness (QED) is 0.872. The summed E-state index contributed by atoms with van der Waals surface area (Å²) in [6.45, 7) is -0.0459. The monoisotopic (exact) mass is 352 g/mol. The third kappa shape index (κ3) is 3.43. The Kier molecular flexibility index (Phi) is 4.38. The number of hydrogen-bond acceptors (Lipinski definition) is 4. The number of nitrogens with zero attached hydrogens (tertiary/aromatic N) is 2. The summed E-state index contributed by atoms with van der Waals surface area (Å²) in [5.41, 5.74) is -0.747. The molecule has 1 saturated heterocycles. The van der Waals surface area contributed by atoms with Gasteiger partial charge in [0.05, 0.1) is 17.7 Å². The number of benzene rings is 1. The molecule has 132 valence electrons. The van der Waals surface area contributed by atoms with Crippen LogP contribution in [-0.2, 0) is 6.18 Å². The molecule has 8 heteroatoms. The van der Waals surface area contributed by atoms with Gasteiger partial charge in [0.15, 0.2) is 5.69 Å². The maximum absolute atomic E-state index is 12.9. The fraction of sp³-hybridized carbons (Fsp3) is 0.294. The molecule has 1 amide bonds. The molecule has 0 unspecified atom stereocenters. The van der Waals surface area contributed by atoms with Crippen molar-refractivity contribution in [2.45, 2.75) is 24.7 Å². The first-order valence-corrected chi connectivity index (χ1v) is 7.57. The fourth-order valence-electron chi connectivity index (χ4n) is 2.97. The second kappa shape index (κ2) is 6.36. The molecule has 1 aliphatic heterocycles. The Morgan fingerprint density at radius 1 is 1.24 bits per heavy atom. The molecule has 1 aliphatic rings. The number of rotatable bonds is 2. The topological polar surface area (TPSA) is 73.7 Å². The van der Waals surface area contributed by atoms with Crippen molar-refractivity contribution in [2.24, 2.45) is 0 Å². The van der Waals surface area contributed by atoms with Crippen molar-refractivity contribution in [2.75, 3.05) is 6.54 Å². The lowest BCUT2D eigenvalue weighted by atomic mass is 10.0. The van der Waals surface area contributed by atoms with E-state index in [1.54, 1.807) is 0 Å². The Hall–Kier alpha value is -2.61. The van der Waals surface area contributed by atoms with Gasteiger partial charge in [0.2, 0.25) is 0 Å². The van der Waals surface area contributed by atoms with Gasteiger partial charge in [-0.2, -0.15) is 13.2 Å². The highest BCUT2D eigenvalue weighted by atomic mass is 19.4. The highest BCUT2D eigenvalue weighted by molar-refractivity contribution is 5.95. The Morgan fingerprint density at radius 2 is 2.00 bits per heavy atom. The number of aromatic hydroxyl groups is 1. The zero-order valence-electron chi connectivity index (χ0n) is 12.9. The molecule has 2 atom stereocenters. The Labute approximate surface area is 141 Å². The van der Waals surface area contributed by atoms with E-state index in [9.17, 15) is 28.2 Å². The van der Waals surface area contributed by atoms with Crippen LogP contribution in [0.5, 0.6) is 5.75 Å². The van der Waals surface area contributed by atoms with Crippen molar-refractivity contribution in [3.8, 4) is 5.75 Å². The van der Waals surface area contributed by atoms with Gasteiger partial charge in [-0.05, 0) is 36.2 Å². The number of pyridine rings is 1. The van der Waals surface area contributed by atoms with Crippen LogP contribution in [0.4, 0.5) is 13.2 Å². The van der Waals surface area contributed by atoms with Crippen LogP contribution in [0.2, 0.25) is 0 Å². The Bertz CT molecular complexity index is 795. The molecule has 2 N–H and O–H groups in total. The summed E-state index contributed by atoms with van der Waals surface area (Å²) in [6, 6.07) is 6.69. The van der Waals surface area contributed by atoms with Gasteiger partial charge in [0, 0.05) is 12.7 Å². The van der Waals surface area contributed by atoms with E-state index >= 15 is 0 Å². The van der Waals surface area contributed by atoms with Crippen LogP contribution in [0, 0.1) is 0 Å². The number of amides is 1. The lowest BCUT2D eigenvalue weighted by molar-refractivity contribution is -0.137. The van der Waals surface area contributed by atoms with Crippen molar-refractivity contribution in [1.82, 2.24) is 9.88 Å². The summed E-state index contributed by atoms with van der Waals surface area (Å²) in [7, 11) is 0. The molecule has 25 heavy (non-hydrogen) atoms. The highest BCUT2D eigenvalue weighted by Gasteiger charge is 2.38. The number of aromatic nitrogens is 1. The van der Waals surface area contributed by atoms with Gasteiger partial charge in [0.25, 0.3) is 5.91 Å². The first-order valence-electron chi connectivity index (χ1n) is 7.57. The number of carbonyl (C=O) groups is 1. The van der Waals surface area contributed by atoms with Gasteiger partial charge in [-0.25, -0.2) is 4.98 Å². The smallest absolute Gasteiger partial charge is 0.416 e. The average Bonchev–Trinajstić information content (AvgIpc) is 2.96. The summed E-state index contributed by atoms with van der Waals surface area (Å²) >= 11 is 0. The minimum absolute atomic E-state index is 0.0459. The molecule has 1 aromatic carbocycles. The lowest BCUT2D eigenvalue weighted by Gasteiger charge is -2.25. The van der Waals surface area contributed by atoms with E-state index in [-0.39, 0.29) is 30.0 Å². The number of aliphatic hydroxyl groups excluding tert-OH is 1. The van der Waals surface area contributed by atoms with Crippen molar-refractivity contribution < 1.29 is 28.2 Å². The molecule has 0 spiro atoms. The van der Waals surface area contributed by atoms with Crippen LogP contribution >= 0.6 is 0 Å². The van der Waals surface area contributed by atoms with Crippen molar-refractivity contribution >= 4 is 5.91 Å². The van der Waals surface area contributed by atoms with Gasteiger partial charge < -0.3 is 15.1 Å². The number of β-amino-alcohol motifs (C(OH)–C–C–N with tert-alkyl or cyclic N) is 1. The first kappa shape index (κ1) is 17.2. The van der Waals surface area contributed by atoms with Gasteiger partial charge in [0.1, 0.15) is 5.75 Å². The summed E-state index contributed by atoms with van der Waals surface area (Å²) in [6.07, 6.45) is -3.92. The first-order chi connectivity index (χ1) is 11.8. The molecule has 0 saturated carbocycles. The minimum Gasteiger partial charge on any atom is -0.505 e. The Morgan fingerprint density at radius 3 is 2.68 bits per heavy atom. The van der Waals surface area contributed by atoms with Gasteiger partial charge in [-0.3, -0.25) is 4.79 Å². The minimum atomic E-state index is -4.50. The standard InChI is InChI=1S/C17H15F3N2O3/c18-17(19,20)11-4-1-3-10(7-11)13-8-12(23)9-22(13)16(25)15-14(24)5-2-6-21-15/h1-7,12-13,23-24H,8-9H2/t12-,13-/m1/s1. The molecule has 0 aliphatic carbocycles. The third-order valence-electron chi connectivity index (χ3n) is 4.13. The van der Waals surface area contributed by atoms with Crippen molar-refractivity contribution in [3.05, 3.63) is 59.4 Å². The van der Waals surface area contributed by atoms with Crippen LogP contribution < -0.4 is 0 Å². The zero-order chi connectivity index (χ0) is 18.2. The number of aliphatic hydroxyl groups is 1. The maximum atomic E-state index is 12.9. The number of alkyl halides is 3. The summed E-state index contributed by atoms with van der Waals surface area (Å²) in [5.74, 6) is -0.964. The lowest BCUT2D eigenvalue weighted by Crippen LogP contribution is -2.32. The molecular weight excluding hydrogens is 337 g/mol. The predicted molar refractivity (Wildman–Crippen MR) is 81.7 cm³/mol. The van der Waals surface area contributed by atoms with Gasteiger partial charge >= 0.3 is 6.18 Å². The fourth-order valence-corrected chi connectivity index (χ4v) is 2.97. The summed E-state index contributed by atoms with van der Waals surface area (Å²) < 4.78 is 38.8. The highest BCUT2D eigenvalue weighted by Crippen LogP contribution is 2.37. The summed E-state index contributed by atoms with van der Waals surface area (Å²) in [4.78, 5) is 17.7. The predicted octanol–water partition coefficient (Wildman–Crippen LogP) is 2.75. The molecule has 5 nitrogen and oxygen atoms in total. The van der Waals surface area contributed by atoms with Crippen molar-refractivity contribution in [1.29, 1.82) is 0 Å². The summed E-state index contributed by atoms with van der Waals surface area (Å²) in [5, 5.41) is 19.7. The van der Waals surface area contributed by atoms with Crippen LogP contribution in [-0.4, -0.2) is 38.7 Å². The Balaban J connectivity index is 1.95. The van der Waals surface area contributed by atoms with Crippen LogP contribution in [0.25, 0.3) is 0 Å². The van der Waals surface area contributed by atoms with Crippen LogP contribution in [0.3, 0.4) is 0 Å². The molecule has 1 aromatic heterocycles. The molecule has 0 radical (unpaired) electrons. The van der Waals surface area contributed by atoms with Gasteiger partial charge in [-0.1, -0.05) is 12.1 Å². The molecule has 2 heterocycles. The SMILES string of the molecule is O=C(c1ncccc1O)N1C[C@H](O)C[C@@H]1c1cccc(C(F)(F)F)c1. The molecule has 3 rings (SSSR count). The normalized spacial score (nSPS) is 20.7. The molecule has 1 fully saturated rings. The van der Waals surface area contributed by atoms with E-state index in [2.05, 4.69) is 4.98 Å². The molecular formula is C17H15F3N2O3. The maximum Gasteiger partial charge on any atom is 0.416 e. The van der Waals surface area contributed by atoms with Gasteiger partial charge in [-0.15, -0.1) is 0 Å². The number of likely N-dealkylation sites (tertiary alicyclic amines) is 1. The van der Waals surface area contributed by atoms with Crippen molar-refractivity contribution in [3.63, 3.8) is 0 Å². The molecule has 0 bridgehead atoms. The van der Waals surface area contributed by atoms with Crippen LogP contribution in [0.15, 0.2) is 42.6 Å². The molecule has 2 aromatic rings. The van der Waals surface area contributed by atoms with E-state index in [4.69, 9.17) is 0 Å². The van der Waals surface area contributed by atoms with E-state index in [0.29, 0.717) is 0 Å². The number of hydrogen-bond donors (Lipinski definition) is 2.